The topological polar surface area (TPSA) is 58.3 Å². The van der Waals surface area contributed by atoms with Gasteiger partial charge in [-0.25, -0.2) is 0 Å². The second-order valence-corrected chi connectivity index (χ2v) is 7.16. The third-order valence-corrected chi connectivity index (χ3v) is 5.33. The van der Waals surface area contributed by atoms with Crippen molar-refractivity contribution in [3.63, 3.8) is 0 Å². The summed E-state index contributed by atoms with van der Waals surface area (Å²) >= 11 is 0. The minimum Gasteiger partial charge on any atom is -0.361 e. The fourth-order valence-electron chi connectivity index (χ4n) is 3.58. The largest absolute Gasteiger partial charge is 0.361 e. The second kappa shape index (κ2) is 7.48. The fourth-order valence-corrected chi connectivity index (χ4v) is 3.58. The summed E-state index contributed by atoms with van der Waals surface area (Å²) in [6, 6.07) is 12.4. The quantitative estimate of drug-likeness (QED) is 0.708. The molecule has 6 heteroatoms. The molecule has 1 fully saturated rings. The first-order valence-corrected chi connectivity index (χ1v) is 9.40. The van der Waals surface area contributed by atoms with Gasteiger partial charge < -0.3 is 9.42 Å². The first-order chi connectivity index (χ1) is 13.1. The van der Waals surface area contributed by atoms with Crippen molar-refractivity contribution in [2.24, 2.45) is 0 Å². The van der Waals surface area contributed by atoms with Crippen LogP contribution in [-0.4, -0.2) is 46.4 Å². The zero-order valence-electron chi connectivity index (χ0n) is 16.1. The van der Waals surface area contributed by atoms with Crippen molar-refractivity contribution < 1.29 is 4.52 Å². The van der Waals surface area contributed by atoms with E-state index in [0.717, 1.165) is 61.3 Å². The molecule has 0 unspecified atom stereocenters. The van der Waals surface area contributed by atoms with Crippen molar-refractivity contribution in [3.8, 4) is 11.3 Å². The van der Waals surface area contributed by atoms with Crippen LogP contribution in [0.3, 0.4) is 0 Å². The zero-order chi connectivity index (χ0) is 18.8. The maximum atomic E-state index is 5.28. The molecule has 6 nitrogen and oxygen atoms in total. The Labute approximate surface area is 159 Å². The van der Waals surface area contributed by atoms with Gasteiger partial charge in [0.15, 0.2) is 5.82 Å². The summed E-state index contributed by atoms with van der Waals surface area (Å²) in [7, 11) is 0. The standard InChI is InChI=1S/C21H25N5O/c1-15-6-4-5-7-18(15)20-8-9-21(23-22-20)26-12-10-25(11-13-26)14-19-16(2)24-27-17(19)3/h4-9H,10-14H2,1-3H3. The highest BCUT2D eigenvalue weighted by Crippen LogP contribution is 2.23. The van der Waals surface area contributed by atoms with Gasteiger partial charge in [-0.1, -0.05) is 29.4 Å². The fraction of sp³-hybridized carbons (Fsp3) is 0.381. The van der Waals surface area contributed by atoms with E-state index >= 15 is 0 Å². The van der Waals surface area contributed by atoms with Gasteiger partial charge in [-0.15, -0.1) is 10.2 Å². The number of nitrogens with zero attached hydrogens (tertiary/aromatic N) is 5. The molecule has 3 aromatic rings. The molecule has 0 bridgehead atoms. The van der Waals surface area contributed by atoms with E-state index in [9.17, 15) is 0 Å². The van der Waals surface area contributed by atoms with Crippen molar-refractivity contribution in [1.29, 1.82) is 0 Å². The number of hydrogen-bond donors (Lipinski definition) is 0. The molecule has 0 saturated carbocycles. The molecule has 4 rings (SSSR count). The van der Waals surface area contributed by atoms with E-state index in [1.165, 1.54) is 11.1 Å². The van der Waals surface area contributed by atoms with Gasteiger partial charge in [-0.3, -0.25) is 4.90 Å². The van der Waals surface area contributed by atoms with Gasteiger partial charge in [0.25, 0.3) is 0 Å². The van der Waals surface area contributed by atoms with Crippen molar-refractivity contribution in [2.45, 2.75) is 27.3 Å². The summed E-state index contributed by atoms with van der Waals surface area (Å²) in [5.41, 5.74) is 5.49. The minimum atomic E-state index is 0.896. The van der Waals surface area contributed by atoms with Gasteiger partial charge in [0.1, 0.15) is 5.76 Å². The Morgan fingerprint density at radius 3 is 2.33 bits per heavy atom. The summed E-state index contributed by atoms with van der Waals surface area (Å²) < 4.78 is 5.28. The van der Waals surface area contributed by atoms with Crippen LogP contribution in [0.1, 0.15) is 22.6 Å². The third-order valence-electron chi connectivity index (χ3n) is 5.33. The van der Waals surface area contributed by atoms with E-state index in [2.05, 4.69) is 56.3 Å². The molecule has 1 saturated heterocycles. The lowest BCUT2D eigenvalue weighted by Gasteiger charge is -2.35. The highest BCUT2D eigenvalue weighted by molar-refractivity contribution is 5.63. The van der Waals surface area contributed by atoms with Crippen LogP contribution in [0.5, 0.6) is 0 Å². The Morgan fingerprint density at radius 1 is 0.926 bits per heavy atom. The molecule has 0 atom stereocenters. The number of anilines is 1. The maximum absolute atomic E-state index is 5.28. The van der Waals surface area contributed by atoms with Crippen LogP contribution < -0.4 is 4.90 Å². The van der Waals surface area contributed by atoms with Crippen molar-refractivity contribution in [3.05, 3.63) is 59.0 Å². The molecule has 0 spiro atoms. The van der Waals surface area contributed by atoms with E-state index in [1.807, 2.05) is 26.0 Å². The zero-order valence-corrected chi connectivity index (χ0v) is 16.1. The Kier molecular flexibility index (Phi) is 4.90. The van der Waals surface area contributed by atoms with E-state index in [-0.39, 0.29) is 0 Å². The van der Waals surface area contributed by atoms with Crippen LogP contribution in [0, 0.1) is 20.8 Å². The van der Waals surface area contributed by atoms with Crippen molar-refractivity contribution in [1.82, 2.24) is 20.3 Å². The molecule has 1 aromatic carbocycles. The van der Waals surface area contributed by atoms with Crippen LogP contribution in [0.2, 0.25) is 0 Å². The van der Waals surface area contributed by atoms with Gasteiger partial charge in [0, 0.05) is 43.9 Å². The Bertz CT molecular complexity index is 891. The van der Waals surface area contributed by atoms with Crippen LogP contribution >= 0.6 is 0 Å². The first kappa shape index (κ1) is 17.7. The van der Waals surface area contributed by atoms with E-state index < -0.39 is 0 Å². The summed E-state index contributed by atoms with van der Waals surface area (Å²) in [5, 5.41) is 13.0. The summed E-state index contributed by atoms with van der Waals surface area (Å²) in [6.07, 6.45) is 0. The lowest BCUT2D eigenvalue weighted by atomic mass is 10.1. The van der Waals surface area contributed by atoms with Gasteiger partial charge >= 0.3 is 0 Å². The highest BCUT2D eigenvalue weighted by Gasteiger charge is 2.21. The lowest BCUT2D eigenvalue weighted by molar-refractivity contribution is 0.247. The monoisotopic (exact) mass is 363 g/mol. The minimum absolute atomic E-state index is 0.896. The summed E-state index contributed by atoms with van der Waals surface area (Å²) in [5.74, 6) is 1.87. The number of piperazine rings is 1. The smallest absolute Gasteiger partial charge is 0.151 e. The average molecular weight is 363 g/mol. The van der Waals surface area contributed by atoms with Crippen LogP contribution in [0.15, 0.2) is 40.9 Å². The normalized spacial score (nSPS) is 15.3. The van der Waals surface area contributed by atoms with Crippen LogP contribution in [0.25, 0.3) is 11.3 Å². The van der Waals surface area contributed by atoms with Crippen molar-refractivity contribution >= 4 is 5.82 Å². The highest BCUT2D eigenvalue weighted by atomic mass is 16.5. The van der Waals surface area contributed by atoms with E-state index in [0.29, 0.717) is 0 Å². The Balaban J connectivity index is 1.39. The molecular formula is C21H25N5O. The molecule has 0 N–H and O–H groups in total. The lowest BCUT2D eigenvalue weighted by Crippen LogP contribution is -2.46. The predicted molar refractivity (Wildman–Crippen MR) is 106 cm³/mol. The molecule has 0 aliphatic carbocycles. The number of aromatic nitrogens is 3. The SMILES string of the molecule is Cc1ccccc1-c1ccc(N2CCN(Cc3c(C)noc3C)CC2)nn1. The van der Waals surface area contributed by atoms with Crippen LogP contribution in [-0.2, 0) is 6.54 Å². The average Bonchev–Trinajstić information content (AvgIpc) is 3.01. The summed E-state index contributed by atoms with van der Waals surface area (Å²) in [4.78, 5) is 4.75. The van der Waals surface area contributed by atoms with E-state index in [4.69, 9.17) is 4.52 Å². The molecule has 3 heterocycles. The predicted octanol–water partition coefficient (Wildman–Crippen LogP) is 3.38. The molecule has 0 radical (unpaired) electrons. The van der Waals surface area contributed by atoms with Crippen molar-refractivity contribution in [2.75, 3.05) is 31.1 Å². The molecule has 1 aliphatic heterocycles. The summed E-state index contributed by atoms with van der Waals surface area (Å²) in [6.45, 7) is 10.9. The van der Waals surface area contributed by atoms with Crippen LogP contribution in [0.4, 0.5) is 5.82 Å². The molecule has 1 aliphatic rings. The molecule has 0 amide bonds. The van der Waals surface area contributed by atoms with Gasteiger partial charge in [-0.05, 0) is 38.5 Å². The number of rotatable bonds is 4. The maximum Gasteiger partial charge on any atom is 0.151 e. The third kappa shape index (κ3) is 3.71. The van der Waals surface area contributed by atoms with E-state index in [1.54, 1.807) is 0 Å². The molecular weight excluding hydrogens is 338 g/mol. The number of benzene rings is 1. The number of hydrogen-bond acceptors (Lipinski definition) is 6. The second-order valence-electron chi connectivity index (χ2n) is 7.16. The number of aryl methyl sites for hydroxylation is 3. The molecule has 140 valence electrons. The van der Waals surface area contributed by atoms with Gasteiger partial charge in [-0.2, -0.15) is 0 Å². The van der Waals surface area contributed by atoms with Gasteiger partial charge in [0.2, 0.25) is 0 Å². The Morgan fingerprint density at radius 2 is 1.70 bits per heavy atom. The molecule has 2 aromatic heterocycles. The van der Waals surface area contributed by atoms with Gasteiger partial charge in [0.05, 0.1) is 11.4 Å². The molecule has 27 heavy (non-hydrogen) atoms. The first-order valence-electron chi connectivity index (χ1n) is 9.40. The Hall–Kier alpha value is -2.73.